The van der Waals surface area contributed by atoms with Gasteiger partial charge in [-0.3, -0.25) is 9.89 Å². The predicted octanol–water partition coefficient (Wildman–Crippen LogP) is 3.17. The zero-order valence-electron chi connectivity index (χ0n) is 16.5. The molecule has 1 amide bonds. The molecule has 0 aliphatic heterocycles. The molecule has 0 radical (unpaired) electrons. The highest BCUT2D eigenvalue weighted by Gasteiger charge is 2.23. The Labute approximate surface area is 160 Å². The van der Waals surface area contributed by atoms with Crippen molar-refractivity contribution in [1.82, 2.24) is 25.5 Å². The second-order valence-electron chi connectivity index (χ2n) is 7.55. The van der Waals surface area contributed by atoms with Gasteiger partial charge in [-0.05, 0) is 51.5 Å². The molecule has 0 bridgehead atoms. The number of rotatable bonds is 7. The molecule has 7 heteroatoms. The van der Waals surface area contributed by atoms with E-state index in [4.69, 9.17) is 0 Å². The molecule has 3 N–H and O–H groups in total. The molecule has 2 aromatic heterocycles. The fourth-order valence-electron chi connectivity index (χ4n) is 3.67. The number of nitrogens with one attached hydrogen (secondary N) is 3. The summed E-state index contributed by atoms with van der Waals surface area (Å²) in [5.74, 6) is 1.34. The summed E-state index contributed by atoms with van der Waals surface area (Å²) in [6, 6.07) is 0.153. The van der Waals surface area contributed by atoms with Gasteiger partial charge in [0, 0.05) is 30.0 Å². The summed E-state index contributed by atoms with van der Waals surface area (Å²) in [7, 11) is 0. The lowest BCUT2D eigenvalue weighted by Crippen LogP contribution is -2.39. The van der Waals surface area contributed by atoms with Gasteiger partial charge in [0.1, 0.15) is 5.82 Å². The lowest BCUT2D eigenvalue weighted by molar-refractivity contribution is 0.0908. The van der Waals surface area contributed by atoms with Crippen LogP contribution in [0.25, 0.3) is 0 Å². The quantitative estimate of drug-likeness (QED) is 0.696. The maximum atomic E-state index is 12.7. The number of anilines is 1. The number of aromatic amines is 1. The lowest BCUT2D eigenvalue weighted by Gasteiger charge is -2.28. The molecule has 1 atom stereocenters. The van der Waals surface area contributed by atoms with Crippen molar-refractivity contribution in [3.8, 4) is 0 Å². The van der Waals surface area contributed by atoms with Gasteiger partial charge in [0.15, 0.2) is 0 Å². The van der Waals surface area contributed by atoms with Crippen molar-refractivity contribution >= 4 is 11.7 Å². The molecule has 2 heterocycles. The van der Waals surface area contributed by atoms with Crippen LogP contribution in [-0.2, 0) is 6.42 Å². The Morgan fingerprint density at radius 2 is 2.04 bits per heavy atom. The summed E-state index contributed by atoms with van der Waals surface area (Å²) >= 11 is 0. The van der Waals surface area contributed by atoms with E-state index in [9.17, 15) is 4.79 Å². The van der Waals surface area contributed by atoms with Crippen molar-refractivity contribution in [2.24, 2.45) is 5.92 Å². The smallest absolute Gasteiger partial charge is 0.289 e. The number of carbonyl (C=O) groups excluding carboxylic acids is 1. The molecular weight excluding hydrogens is 340 g/mol. The van der Waals surface area contributed by atoms with Crippen LogP contribution >= 0.6 is 0 Å². The second kappa shape index (κ2) is 8.97. The van der Waals surface area contributed by atoms with Crippen LogP contribution in [0, 0.1) is 19.8 Å². The molecule has 1 aliphatic rings. The summed E-state index contributed by atoms with van der Waals surface area (Å²) in [6.07, 6.45) is 10.7. The van der Waals surface area contributed by atoms with Gasteiger partial charge in [-0.1, -0.05) is 19.3 Å². The zero-order valence-corrected chi connectivity index (χ0v) is 16.5. The van der Waals surface area contributed by atoms with Crippen molar-refractivity contribution in [1.29, 1.82) is 0 Å². The van der Waals surface area contributed by atoms with E-state index in [-0.39, 0.29) is 17.8 Å². The molecule has 3 rings (SSSR count). The molecule has 2 aromatic rings. The van der Waals surface area contributed by atoms with E-state index in [1.807, 2.05) is 26.2 Å². The summed E-state index contributed by atoms with van der Waals surface area (Å²) in [6.45, 7) is 6.71. The van der Waals surface area contributed by atoms with Crippen LogP contribution in [0.3, 0.4) is 0 Å². The second-order valence-corrected chi connectivity index (χ2v) is 7.55. The zero-order chi connectivity index (χ0) is 19.2. The van der Waals surface area contributed by atoms with Gasteiger partial charge in [0.05, 0.1) is 6.20 Å². The van der Waals surface area contributed by atoms with Crippen molar-refractivity contribution < 1.29 is 4.79 Å². The maximum Gasteiger partial charge on any atom is 0.289 e. The largest absolute Gasteiger partial charge is 0.369 e. The van der Waals surface area contributed by atoms with E-state index in [0.29, 0.717) is 5.92 Å². The van der Waals surface area contributed by atoms with Gasteiger partial charge in [0.25, 0.3) is 5.91 Å². The Bertz CT molecular complexity index is 752. The first kappa shape index (κ1) is 19.3. The van der Waals surface area contributed by atoms with E-state index in [2.05, 4.69) is 37.7 Å². The number of hydrogen-bond acceptors (Lipinski definition) is 5. The number of hydrogen-bond donors (Lipinski definition) is 3. The van der Waals surface area contributed by atoms with Crippen LogP contribution in [-0.4, -0.2) is 38.7 Å². The van der Waals surface area contributed by atoms with Crippen LogP contribution in [0.15, 0.2) is 12.4 Å². The van der Waals surface area contributed by atoms with E-state index < -0.39 is 0 Å². The minimum atomic E-state index is -0.186. The highest BCUT2D eigenvalue weighted by atomic mass is 16.2. The normalized spacial score (nSPS) is 16.1. The number of carbonyl (C=O) groups is 1. The lowest BCUT2D eigenvalue weighted by atomic mass is 9.84. The number of nitrogens with zero attached hydrogens (tertiary/aromatic N) is 3. The summed E-state index contributed by atoms with van der Waals surface area (Å²) in [5.41, 5.74) is 2.93. The van der Waals surface area contributed by atoms with Crippen LogP contribution in [0.2, 0.25) is 0 Å². The monoisotopic (exact) mass is 370 g/mol. The number of amides is 1. The highest BCUT2D eigenvalue weighted by molar-refractivity contribution is 5.91. The van der Waals surface area contributed by atoms with Crippen LogP contribution in [0.5, 0.6) is 0 Å². The Hall–Kier alpha value is -2.44. The van der Waals surface area contributed by atoms with Crippen molar-refractivity contribution in [3.05, 3.63) is 35.0 Å². The fourth-order valence-corrected chi connectivity index (χ4v) is 3.67. The first-order chi connectivity index (χ1) is 13.0. The van der Waals surface area contributed by atoms with E-state index in [0.717, 1.165) is 35.6 Å². The van der Waals surface area contributed by atoms with Gasteiger partial charge in [-0.25, -0.2) is 9.97 Å². The topological polar surface area (TPSA) is 95.6 Å². The predicted molar refractivity (Wildman–Crippen MR) is 106 cm³/mol. The standard InChI is InChI=1S/C20H30N6O/c1-13-14(2)24-19(20(27)25-15(3)17-7-5-4-6-8-17)26-18(13)21-10-9-16-11-22-23-12-16/h11-12,15,17H,4-10H2,1-3H3,(H,22,23)(H,25,27)(H,21,24,26). The maximum absolute atomic E-state index is 12.7. The molecule has 1 aliphatic carbocycles. The molecule has 0 aromatic carbocycles. The Balaban J connectivity index is 1.63. The molecule has 0 saturated heterocycles. The molecule has 1 saturated carbocycles. The molecule has 1 fully saturated rings. The average molecular weight is 371 g/mol. The van der Waals surface area contributed by atoms with Crippen molar-refractivity contribution in [2.75, 3.05) is 11.9 Å². The van der Waals surface area contributed by atoms with Crippen molar-refractivity contribution in [2.45, 2.75) is 65.3 Å². The van der Waals surface area contributed by atoms with Crippen LogP contribution < -0.4 is 10.6 Å². The third-order valence-electron chi connectivity index (χ3n) is 5.57. The Morgan fingerprint density at radius 3 is 2.74 bits per heavy atom. The van der Waals surface area contributed by atoms with Crippen molar-refractivity contribution in [3.63, 3.8) is 0 Å². The molecular formula is C20H30N6O. The first-order valence-corrected chi connectivity index (χ1v) is 9.92. The minimum absolute atomic E-state index is 0.153. The summed E-state index contributed by atoms with van der Waals surface area (Å²) in [4.78, 5) is 21.6. The molecule has 7 nitrogen and oxygen atoms in total. The van der Waals surface area contributed by atoms with Gasteiger partial charge in [-0.15, -0.1) is 0 Å². The third-order valence-corrected chi connectivity index (χ3v) is 5.57. The first-order valence-electron chi connectivity index (χ1n) is 9.92. The van der Waals surface area contributed by atoms with E-state index in [1.54, 1.807) is 0 Å². The molecule has 0 spiro atoms. The Kier molecular flexibility index (Phi) is 6.42. The molecule has 1 unspecified atom stereocenters. The third kappa shape index (κ3) is 5.05. The van der Waals surface area contributed by atoms with Gasteiger partial charge < -0.3 is 10.6 Å². The van der Waals surface area contributed by atoms with Crippen LogP contribution in [0.1, 0.15) is 66.5 Å². The summed E-state index contributed by atoms with van der Waals surface area (Å²) < 4.78 is 0. The minimum Gasteiger partial charge on any atom is -0.369 e. The van der Waals surface area contributed by atoms with E-state index in [1.165, 1.54) is 32.1 Å². The highest BCUT2D eigenvalue weighted by Crippen LogP contribution is 2.26. The SMILES string of the molecule is Cc1nc(C(=O)NC(C)C2CCCCC2)nc(NCCc2cn[nH]c2)c1C. The van der Waals surface area contributed by atoms with Gasteiger partial charge in [-0.2, -0.15) is 5.10 Å². The van der Waals surface area contributed by atoms with Crippen LogP contribution in [0.4, 0.5) is 5.82 Å². The summed E-state index contributed by atoms with van der Waals surface area (Å²) in [5, 5.41) is 13.2. The Morgan fingerprint density at radius 1 is 1.26 bits per heavy atom. The molecule has 146 valence electrons. The van der Waals surface area contributed by atoms with E-state index >= 15 is 0 Å². The van der Waals surface area contributed by atoms with Gasteiger partial charge in [0.2, 0.25) is 5.82 Å². The average Bonchev–Trinajstić information content (AvgIpc) is 3.19. The van der Waals surface area contributed by atoms with Gasteiger partial charge >= 0.3 is 0 Å². The fraction of sp³-hybridized carbons (Fsp3) is 0.600. The number of H-pyrrole nitrogens is 1. The number of aryl methyl sites for hydroxylation is 1. The number of aromatic nitrogens is 4. The molecule has 27 heavy (non-hydrogen) atoms.